The van der Waals surface area contributed by atoms with Crippen molar-refractivity contribution in [3.8, 4) is 0 Å². The molecule has 0 unspecified atom stereocenters. The van der Waals surface area contributed by atoms with Gasteiger partial charge in [0, 0.05) is 0 Å². The average Bonchev–Trinajstić information content (AvgIpc) is 1.00. The van der Waals surface area contributed by atoms with Crippen molar-refractivity contribution in [2.45, 2.75) is 0 Å². The zero-order chi connectivity index (χ0) is 2.00. The first-order chi connectivity index (χ1) is 1.00. The van der Waals surface area contributed by atoms with Crippen LogP contribution in [0.5, 0.6) is 0 Å². The van der Waals surface area contributed by atoms with Crippen molar-refractivity contribution in [2.75, 3.05) is 0 Å². The summed E-state index contributed by atoms with van der Waals surface area (Å²) in [6.07, 6.45) is 0. The summed E-state index contributed by atoms with van der Waals surface area (Å²) in [6, 6.07) is 0. The van der Waals surface area contributed by atoms with E-state index in [9.17, 15) is 0 Å². The molecular formula is H6InOSbZn. The fourth-order valence-electron chi connectivity index (χ4n) is 0. The van der Waals surface area contributed by atoms with Gasteiger partial charge >= 0.3 is 72.1 Å². The van der Waals surface area contributed by atoms with Crippen LogP contribution in [0.3, 0.4) is 0 Å². The summed E-state index contributed by atoms with van der Waals surface area (Å²) in [7, 11) is 0. The molecule has 1 nitrogen and oxygen atoms in total. The standard InChI is InChI=1S/In.O.Sb.Zn.6H. The summed E-state index contributed by atoms with van der Waals surface area (Å²) in [6.45, 7) is 0. The third-order valence-electron chi connectivity index (χ3n) is 0. The van der Waals surface area contributed by atoms with Crippen LogP contribution in [0.15, 0.2) is 0 Å². The number of hydrogen-bond acceptors (Lipinski definition) is 1. The van der Waals surface area contributed by atoms with E-state index in [1.165, 1.54) is 0 Å². The van der Waals surface area contributed by atoms with Crippen LogP contribution in [-0.2, 0) is 21.8 Å². The minimum atomic E-state index is 0. The van der Waals surface area contributed by atoms with Gasteiger partial charge in [-0.3, -0.25) is 0 Å². The molecule has 0 amide bonds. The molecule has 0 N–H and O–H groups in total. The molecule has 0 bridgehead atoms. The molecule has 0 heterocycles. The van der Waals surface area contributed by atoms with E-state index in [4.69, 9.17) is 3.57 Å². The Labute approximate surface area is 71.1 Å². The Balaban J connectivity index is -0.00000000500. The molecule has 0 aliphatic rings. The van der Waals surface area contributed by atoms with Gasteiger partial charge in [-0.15, -0.1) is 0 Å². The van der Waals surface area contributed by atoms with Gasteiger partial charge in [0.2, 0.25) is 0 Å². The minimum absolute atomic E-state index is 0. The zero-order valence-electron chi connectivity index (χ0n) is 1.82. The van der Waals surface area contributed by atoms with Gasteiger partial charge in [-0.05, 0) is 0 Å². The first-order valence-corrected chi connectivity index (χ1v) is 1.50. The number of hydrogen-bond donors (Lipinski definition) is 0. The first-order valence-electron chi connectivity index (χ1n) is 0.289. The van der Waals surface area contributed by atoms with E-state index in [-0.39, 0.29) is 68.5 Å². The van der Waals surface area contributed by atoms with Crippen LogP contribution in [0.4, 0.5) is 0 Å². The Kier molecular flexibility index (Phi) is 79.9. The fourth-order valence-corrected chi connectivity index (χ4v) is 0. The molecule has 22 valence electrons. The second kappa shape index (κ2) is 19.4. The van der Waals surface area contributed by atoms with Crippen molar-refractivity contribution in [3.63, 3.8) is 0 Å². The number of rotatable bonds is 0. The molecule has 0 fully saturated rings. The topological polar surface area (TPSA) is 17.1 Å². The van der Waals surface area contributed by atoms with Crippen LogP contribution >= 0.6 is 0 Å². The van der Waals surface area contributed by atoms with Gasteiger partial charge in [-0.25, -0.2) is 0 Å². The quantitative estimate of drug-likeness (QED) is 0.451. The van der Waals surface area contributed by atoms with E-state index >= 15 is 0 Å². The summed E-state index contributed by atoms with van der Waals surface area (Å²) < 4.78 is 8.38. The van der Waals surface area contributed by atoms with Gasteiger partial charge in [0.05, 0.1) is 0 Å². The van der Waals surface area contributed by atoms with Gasteiger partial charge in [0.15, 0.2) is 0 Å². The van der Waals surface area contributed by atoms with Gasteiger partial charge in [0.25, 0.3) is 0 Å². The fraction of sp³-hybridized carbons (Fsp3) is 0. The molecule has 0 aromatic heterocycles. The van der Waals surface area contributed by atoms with Crippen LogP contribution < -0.4 is 0 Å². The van der Waals surface area contributed by atoms with Gasteiger partial charge in [-0.1, -0.05) is 0 Å². The van der Waals surface area contributed by atoms with Crippen molar-refractivity contribution in [1.29, 1.82) is 0 Å². The molecule has 0 atom stereocenters. The summed E-state index contributed by atoms with van der Waals surface area (Å²) in [4.78, 5) is 0. The Bertz CT molecular complexity index is 8.00. The van der Waals surface area contributed by atoms with Gasteiger partial charge < -0.3 is 0 Å². The molecule has 0 aromatic rings. The van der Waals surface area contributed by atoms with E-state index in [1.54, 1.807) is 0 Å². The Hall–Kier alpha value is 2.11. The monoisotopic (exact) mass is 322 g/mol. The molecule has 0 spiro atoms. The maximum absolute atomic E-state index is 8.38. The summed E-state index contributed by atoms with van der Waals surface area (Å²) in [5.74, 6) is 0. The van der Waals surface area contributed by atoms with E-state index < -0.39 is 0 Å². The Morgan fingerprint density at radius 3 is 1.25 bits per heavy atom. The molecule has 0 aliphatic heterocycles. The van der Waals surface area contributed by atoms with Crippen LogP contribution in [0.2, 0.25) is 0 Å². The molecule has 0 radical (unpaired) electrons. The Morgan fingerprint density at radius 1 is 1.25 bits per heavy atom. The molecule has 4 heavy (non-hydrogen) atoms. The molecule has 0 aliphatic carbocycles. The van der Waals surface area contributed by atoms with Crippen molar-refractivity contribution in [2.24, 2.45) is 0 Å². The summed E-state index contributed by atoms with van der Waals surface area (Å²) in [5.41, 5.74) is 0. The van der Waals surface area contributed by atoms with E-state index in [2.05, 4.69) is 0 Å². The molecule has 0 saturated heterocycles. The van der Waals surface area contributed by atoms with Gasteiger partial charge in [-0.2, -0.15) is 0 Å². The normalized spacial score (nSPS) is 1.50. The van der Waals surface area contributed by atoms with Crippen molar-refractivity contribution in [1.82, 2.24) is 0 Å². The SMILES string of the molecule is [InH3].[O]=[Zn].[SbH3]. The third kappa shape index (κ3) is 8.93. The van der Waals surface area contributed by atoms with Crippen molar-refractivity contribution >= 4 is 50.3 Å². The predicted octanol–water partition coefficient (Wildman–Crippen LogP) is -2.49. The molecule has 0 aromatic carbocycles. The summed E-state index contributed by atoms with van der Waals surface area (Å²) >= 11 is 0.125. The average molecular weight is 324 g/mol. The van der Waals surface area contributed by atoms with Gasteiger partial charge in [0.1, 0.15) is 0 Å². The molecule has 4 heteroatoms. The van der Waals surface area contributed by atoms with Crippen molar-refractivity contribution in [3.05, 3.63) is 0 Å². The third-order valence-corrected chi connectivity index (χ3v) is 0. The van der Waals surface area contributed by atoms with E-state index in [1.807, 2.05) is 0 Å². The van der Waals surface area contributed by atoms with Crippen LogP contribution in [0.25, 0.3) is 0 Å². The predicted molar refractivity (Wildman–Crippen MR) is 20.6 cm³/mol. The molecule has 0 rings (SSSR count). The second-order valence-corrected chi connectivity index (χ2v) is 0. The molecule has 0 saturated carbocycles. The maximum atomic E-state index is 8.38. The van der Waals surface area contributed by atoms with Crippen LogP contribution in [0.1, 0.15) is 0 Å². The van der Waals surface area contributed by atoms with Crippen LogP contribution in [0, 0.1) is 0 Å². The second-order valence-electron chi connectivity index (χ2n) is 0. The van der Waals surface area contributed by atoms with Crippen LogP contribution in [-0.4, -0.2) is 50.3 Å². The zero-order valence-corrected chi connectivity index (χ0v) is 8.83. The van der Waals surface area contributed by atoms with Crippen molar-refractivity contribution < 1.29 is 21.8 Å². The first kappa shape index (κ1) is 16.5. The molecular weight excluding hydrogens is 318 g/mol. The Morgan fingerprint density at radius 2 is 1.25 bits per heavy atom. The van der Waals surface area contributed by atoms with E-state index in [0.29, 0.717) is 0 Å². The van der Waals surface area contributed by atoms with E-state index in [0.717, 1.165) is 0 Å². The summed E-state index contributed by atoms with van der Waals surface area (Å²) in [5, 5.41) is 0.